The zero-order valence-corrected chi connectivity index (χ0v) is 8.99. The predicted octanol–water partition coefficient (Wildman–Crippen LogP) is 2.42. The maximum atomic E-state index is 11.5. The maximum Gasteiger partial charge on any atom is 0.338 e. The second-order valence-corrected chi connectivity index (χ2v) is 3.31. The summed E-state index contributed by atoms with van der Waals surface area (Å²) in [7, 11) is 0. The van der Waals surface area contributed by atoms with E-state index in [2.05, 4.69) is 17.3 Å². The lowest BCUT2D eigenvalue weighted by Crippen LogP contribution is -2.05. The SMILES string of the molecule is C=C=C1N=Cc2cc(C(=O)OCC)ccc21. The Bertz CT molecular complexity index is 523. The minimum Gasteiger partial charge on any atom is -0.462 e. The van der Waals surface area contributed by atoms with E-state index in [9.17, 15) is 4.79 Å². The fourth-order valence-corrected chi connectivity index (χ4v) is 1.57. The van der Waals surface area contributed by atoms with E-state index < -0.39 is 0 Å². The van der Waals surface area contributed by atoms with Crippen LogP contribution in [0, 0.1) is 0 Å². The molecule has 0 aliphatic carbocycles. The molecule has 0 N–H and O–H groups in total. The van der Waals surface area contributed by atoms with E-state index in [1.807, 2.05) is 6.07 Å². The lowest BCUT2D eigenvalue weighted by Gasteiger charge is -2.03. The number of ether oxygens (including phenoxy) is 1. The van der Waals surface area contributed by atoms with Gasteiger partial charge in [-0.05, 0) is 19.1 Å². The molecule has 0 atom stereocenters. The molecule has 1 aromatic carbocycles. The van der Waals surface area contributed by atoms with E-state index in [1.54, 1.807) is 25.3 Å². The number of aliphatic imine (C=N–C) groups is 1. The molecule has 0 saturated carbocycles. The number of hydrogen-bond acceptors (Lipinski definition) is 3. The summed E-state index contributed by atoms with van der Waals surface area (Å²) in [5.74, 6) is -0.310. The Balaban J connectivity index is 2.39. The second kappa shape index (κ2) is 4.17. The third-order valence-corrected chi connectivity index (χ3v) is 2.32. The first-order valence-electron chi connectivity index (χ1n) is 5.02. The third-order valence-electron chi connectivity index (χ3n) is 2.32. The van der Waals surface area contributed by atoms with Crippen LogP contribution in [0.25, 0.3) is 5.70 Å². The first-order valence-corrected chi connectivity index (χ1v) is 5.02. The van der Waals surface area contributed by atoms with E-state index in [0.29, 0.717) is 17.9 Å². The largest absolute Gasteiger partial charge is 0.462 e. The summed E-state index contributed by atoms with van der Waals surface area (Å²) < 4.78 is 4.92. The molecule has 1 aliphatic heterocycles. The molecule has 2 rings (SSSR count). The van der Waals surface area contributed by atoms with E-state index in [-0.39, 0.29) is 5.97 Å². The average Bonchev–Trinajstić information content (AvgIpc) is 2.71. The highest BCUT2D eigenvalue weighted by Gasteiger charge is 2.14. The Kier molecular flexibility index (Phi) is 2.71. The van der Waals surface area contributed by atoms with Crippen LogP contribution in [0.3, 0.4) is 0 Å². The molecule has 1 aliphatic rings. The lowest BCUT2D eigenvalue weighted by atomic mass is 10.0. The molecular weight excluding hydrogens is 202 g/mol. The minimum absolute atomic E-state index is 0.310. The summed E-state index contributed by atoms with van der Waals surface area (Å²) >= 11 is 0. The first kappa shape index (κ1) is 10.4. The van der Waals surface area contributed by atoms with Crippen LogP contribution >= 0.6 is 0 Å². The number of benzene rings is 1. The van der Waals surface area contributed by atoms with Crippen LogP contribution in [-0.2, 0) is 4.74 Å². The van der Waals surface area contributed by atoms with Gasteiger partial charge in [0.25, 0.3) is 0 Å². The Morgan fingerprint density at radius 1 is 1.56 bits per heavy atom. The normalized spacial score (nSPS) is 12.2. The zero-order valence-electron chi connectivity index (χ0n) is 8.99. The minimum atomic E-state index is -0.310. The fourth-order valence-electron chi connectivity index (χ4n) is 1.57. The van der Waals surface area contributed by atoms with Crippen LogP contribution in [0.1, 0.15) is 28.4 Å². The Morgan fingerprint density at radius 2 is 2.38 bits per heavy atom. The van der Waals surface area contributed by atoms with Crippen molar-refractivity contribution < 1.29 is 9.53 Å². The molecule has 3 heteroatoms. The topological polar surface area (TPSA) is 38.7 Å². The fraction of sp³-hybridized carbons (Fsp3) is 0.154. The van der Waals surface area contributed by atoms with Crippen LogP contribution in [0.5, 0.6) is 0 Å². The number of nitrogens with zero attached hydrogens (tertiary/aromatic N) is 1. The van der Waals surface area contributed by atoms with Crippen LogP contribution in [0.4, 0.5) is 0 Å². The van der Waals surface area contributed by atoms with Crippen LogP contribution in [-0.4, -0.2) is 18.8 Å². The second-order valence-electron chi connectivity index (χ2n) is 3.31. The molecule has 0 aromatic heterocycles. The smallest absolute Gasteiger partial charge is 0.338 e. The summed E-state index contributed by atoms with van der Waals surface area (Å²) in [6, 6.07) is 5.33. The van der Waals surface area contributed by atoms with Gasteiger partial charge in [0, 0.05) is 17.3 Å². The molecule has 80 valence electrons. The molecule has 16 heavy (non-hydrogen) atoms. The Hall–Kier alpha value is -2.12. The average molecular weight is 213 g/mol. The predicted molar refractivity (Wildman–Crippen MR) is 62.5 cm³/mol. The third kappa shape index (κ3) is 1.69. The Labute approximate surface area is 93.8 Å². The van der Waals surface area contributed by atoms with Gasteiger partial charge in [-0.2, -0.15) is 0 Å². The van der Waals surface area contributed by atoms with Gasteiger partial charge < -0.3 is 4.74 Å². The van der Waals surface area contributed by atoms with Gasteiger partial charge in [0.15, 0.2) is 0 Å². The highest BCUT2D eigenvalue weighted by Crippen LogP contribution is 2.25. The van der Waals surface area contributed by atoms with Crippen molar-refractivity contribution in [2.24, 2.45) is 4.99 Å². The molecule has 1 aromatic rings. The summed E-state index contributed by atoms with van der Waals surface area (Å²) in [6.07, 6.45) is 1.70. The molecule has 0 radical (unpaired) electrons. The molecule has 0 unspecified atom stereocenters. The van der Waals surface area contributed by atoms with E-state index in [1.165, 1.54) is 0 Å². The van der Waals surface area contributed by atoms with Crippen molar-refractivity contribution in [1.29, 1.82) is 0 Å². The van der Waals surface area contributed by atoms with Crippen LogP contribution < -0.4 is 0 Å². The van der Waals surface area contributed by atoms with Gasteiger partial charge in [0.05, 0.1) is 12.2 Å². The number of esters is 1. The number of hydrogen-bond donors (Lipinski definition) is 0. The number of carbonyl (C=O) groups excluding carboxylic acids is 1. The standard InChI is InChI=1S/C13H11NO2/c1-3-12-11-6-5-9(13(15)16-4-2)7-10(11)8-14-12/h5-8H,1,4H2,2H3. The molecule has 0 spiro atoms. The molecule has 0 saturated heterocycles. The van der Waals surface area contributed by atoms with Gasteiger partial charge in [0.1, 0.15) is 5.70 Å². The van der Waals surface area contributed by atoms with Crippen molar-refractivity contribution in [3.63, 3.8) is 0 Å². The first-order chi connectivity index (χ1) is 7.76. The van der Waals surface area contributed by atoms with Gasteiger partial charge in [-0.1, -0.05) is 12.6 Å². The number of fused-ring (bicyclic) bond motifs is 1. The quantitative estimate of drug-likeness (QED) is 0.559. The van der Waals surface area contributed by atoms with Crippen molar-refractivity contribution in [1.82, 2.24) is 0 Å². The van der Waals surface area contributed by atoms with Gasteiger partial charge in [-0.3, -0.25) is 0 Å². The van der Waals surface area contributed by atoms with Crippen molar-refractivity contribution >= 4 is 17.9 Å². The summed E-state index contributed by atoms with van der Waals surface area (Å²) in [5, 5.41) is 0. The van der Waals surface area contributed by atoms with Crippen LogP contribution in [0.15, 0.2) is 35.5 Å². The summed E-state index contributed by atoms with van der Waals surface area (Å²) in [6.45, 7) is 5.72. The van der Waals surface area contributed by atoms with Crippen LogP contribution in [0.2, 0.25) is 0 Å². The maximum absolute atomic E-state index is 11.5. The monoisotopic (exact) mass is 213 g/mol. The highest BCUT2D eigenvalue weighted by molar-refractivity contribution is 6.00. The molecule has 1 heterocycles. The van der Waals surface area contributed by atoms with Crippen molar-refractivity contribution in [2.75, 3.05) is 6.61 Å². The molecular formula is C13H11NO2. The zero-order chi connectivity index (χ0) is 11.5. The van der Waals surface area contributed by atoms with E-state index in [0.717, 1.165) is 11.1 Å². The molecule has 0 amide bonds. The number of carbonyl (C=O) groups is 1. The highest BCUT2D eigenvalue weighted by atomic mass is 16.5. The van der Waals surface area contributed by atoms with Crippen molar-refractivity contribution in [3.05, 3.63) is 47.2 Å². The van der Waals surface area contributed by atoms with Gasteiger partial charge in [-0.15, -0.1) is 5.73 Å². The lowest BCUT2D eigenvalue weighted by molar-refractivity contribution is 0.0526. The number of rotatable bonds is 2. The Morgan fingerprint density at radius 3 is 3.06 bits per heavy atom. The summed E-state index contributed by atoms with van der Waals surface area (Å²) in [4.78, 5) is 15.6. The van der Waals surface area contributed by atoms with E-state index in [4.69, 9.17) is 4.74 Å². The van der Waals surface area contributed by atoms with Crippen molar-refractivity contribution in [2.45, 2.75) is 6.92 Å². The van der Waals surface area contributed by atoms with Gasteiger partial charge >= 0.3 is 5.97 Å². The molecule has 3 nitrogen and oxygen atoms in total. The molecule has 0 bridgehead atoms. The van der Waals surface area contributed by atoms with Gasteiger partial charge in [0.2, 0.25) is 0 Å². The summed E-state index contributed by atoms with van der Waals surface area (Å²) in [5.41, 5.74) is 5.85. The van der Waals surface area contributed by atoms with Crippen molar-refractivity contribution in [3.8, 4) is 0 Å². The van der Waals surface area contributed by atoms with Gasteiger partial charge in [-0.25, -0.2) is 9.79 Å². The van der Waals surface area contributed by atoms with E-state index >= 15 is 0 Å². The molecule has 0 fully saturated rings.